The molecule has 26 heavy (non-hydrogen) atoms. The van der Waals surface area contributed by atoms with E-state index in [1.165, 1.54) is 18.3 Å². The van der Waals surface area contributed by atoms with E-state index in [0.717, 1.165) is 0 Å². The summed E-state index contributed by atoms with van der Waals surface area (Å²) in [6.07, 6.45) is 4.62. The van der Waals surface area contributed by atoms with Crippen LogP contribution < -0.4 is 16.4 Å². The molecule has 0 bridgehead atoms. The highest BCUT2D eigenvalue weighted by Gasteiger charge is 2.14. The van der Waals surface area contributed by atoms with Crippen LogP contribution in [0.5, 0.6) is 0 Å². The van der Waals surface area contributed by atoms with E-state index in [4.69, 9.17) is 17.3 Å². The lowest BCUT2D eigenvalue weighted by Gasteiger charge is -2.12. The zero-order valence-corrected chi connectivity index (χ0v) is 14.5. The molecule has 0 aliphatic rings. The summed E-state index contributed by atoms with van der Waals surface area (Å²) in [4.78, 5) is 19.9. The van der Waals surface area contributed by atoms with Crippen LogP contribution in [0.4, 0.5) is 21.8 Å². The van der Waals surface area contributed by atoms with Crippen LogP contribution in [-0.4, -0.2) is 25.7 Å². The number of primary amides is 1. The van der Waals surface area contributed by atoms with E-state index < -0.39 is 11.7 Å². The average Bonchev–Trinajstić information content (AvgIpc) is 2.99. The number of nitrogens with zero attached hydrogens (tertiary/aromatic N) is 4. The van der Waals surface area contributed by atoms with Gasteiger partial charge >= 0.3 is 0 Å². The molecule has 1 aromatic carbocycles. The van der Waals surface area contributed by atoms with Gasteiger partial charge in [-0.2, -0.15) is 10.1 Å². The van der Waals surface area contributed by atoms with Crippen molar-refractivity contribution in [2.45, 2.75) is 6.54 Å². The zero-order valence-electron chi connectivity index (χ0n) is 13.7. The topological polar surface area (TPSA) is 111 Å². The van der Waals surface area contributed by atoms with Crippen molar-refractivity contribution < 1.29 is 9.18 Å². The second-order valence-electron chi connectivity index (χ2n) is 5.40. The van der Waals surface area contributed by atoms with Gasteiger partial charge in [0.15, 0.2) is 0 Å². The number of carbonyl (C=O) groups excluding carboxylic acids is 1. The van der Waals surface area contributed by atoms with Gasteiger partial charge in [-0.25, -0.2) is 9.37 Å². The van der Waals surface area contributed by atoms with Crippen molar-refractivity contribution in [3.63, 3.8) is 0 Å². The molecule has 0 aliphatic carbocycles. The summed E-state index contributed by atoms with van der Waals surface area (Å²) in [5.41, 5.74) is 6.36. The summed E-state index contributed by atoms with van der Waals surface area (Å²) in [5, 5.41) is 10.1. The number of aryl methyl sites for hydroxylation is 1. The van der Waals surface area contributed by atoms with E-state index in [0.29, 0.717) is 5.69 Å². The van der Waals surface area contributed by atoms with Crippen LogP contribution >= 0.6 is 11.6 Å². The maximum Gasteiger partial charge on any atom is 0.254 e. The molecule has 8 nitrogen and oxygen atoms in total. The maximum atomic E-state index is 13.9. The minimum absolute atomic E-state index is 0.0229. The van der Waals surface area contributed by atoms with Gasteiger partial charge in [0.05, 0.1) is 17.4 Å². The van der Waals surface area contributed by atoms with Gasteiger partial charge in [0, 0.05) is 36.6 Å². The summed E-state index contributed by atoms with van der Waals surface area (Å²) < 4.78 is 15.5. The highest BCUT2D eigenvalue weighted by Crippen LogP contribution is 2.22. The molecule has 10 heteroatoms. The van der Waals surface area contributed by atoms with Crippen LogP contribution in [-0.2, 0) is 13.6 Å². The minimum Gasteiger partial charge on any atom is -0.365 e. The minimum atomic E-state index is -0.708. The predicted molar refractivity (Wildman–Crippen MR) is 95.8 cm³/mol. The van der Waals surface area contributed by atoms with Crippen LogP contribution in [0.2, 0.25) is 5.02 Å². The molecule has 3 rings (SSSR count). The monoisotopic (exact) mass is 375 g/mol. The average molecular weight is 376 g/mol. The number of hydrogen-bond donors (Lipinski definition) is 3. The molecule has 0 unspecified atom stereocenters. The number of benzene rings is 1. The van der Waals surface area contributed by atoms with E-state index in [-0.39, 0.29) is 34.5 Å². The van der Waals surface area contributed by atoms with Crippen LogP contribution in [0.3, 0.4) is 0 Å². The number of anilines is 3. The van der Waals surface area contributed by atoms with Crippen LogP contribution in [0.1, 0.15) is 15.9 Å². The molecule has 0 saturated carbocycles. The molecule has 0 saturated heterocycles. The van der Waals surface area contributed by atoms with Gasteiger partial charge in [0.25, 0.3) is 5.91 Å². The number of hydrogen-bond acceptors (Lipinski definition) is 6. The Hall–Kier alpha value is -3.20. The van der Waals surface area contributed by atoms with Crippen LogP contribution in [0.25, 0.3) is 0 Å². The molecule has 134 valence electrons. The Bertz CT molecular complexity index is 939. The Morgan fingerprint density at radius 3 is 2.85 bits per heavy atom. The second-order valence-corrected chi connectivity index (χ2v) is 5.81. The Labute approximate surface area is 153 Å². The predicted octanol–water partition coefficient (Wildman–Crippen LogP) is 2.46. The van der Waals surface area contributed by atoms with Gasteiger partial charge in [-0.3, -0.25) is 9.48 Å². The fourth-order valence-electron chi connectivity index (χ4n) is 2.25. The lowest BCUT2D eigenvalue weighted by atomic mass is 10.2. The first kappa shape index (κ1) is 17.6. The first-order valence-electron chi connectivity index (χ1n) is 7.53. The van der Waals surface area contributed by atoms with E-state index in [1.54, 1.807) is 30.2 Å². The summed E-state index contributed by atoms with van der Waals surface area (Å²) in [6, 6.07) is 4.38. The Balaban J connectivity index is 1.86. The van der Waals surface area contributed by atoms with Crippen molar-refractivity contribution >= 4 is 35.0 Å². The van der Waals surface area contributed by atoms with E-state index in [9.17, 15) is 9.18 Å². The molecule has 2 heterocycles. The van der Waals surface area contributed by atoms with E-state index in [2.05, 4.69) is 25.7 Å². The summed E-state index contributed by atoms with van der Waals surface area (Å²) in [6.45, 7) is 0.0229. The molecule has 0 fully saturated rings. The molecule has 0 radical (unpaired) electrons. The molecule has 1 amide bonds. The number of halogens is 2. The smallest absolute Gasteiger partial charge is 0.254 e. The second kappa shape index (κ2) is 7.36. The Morgan fingerprint density at radius 2 is 2.19 bits per heavy atom. The molecular weight excluding hydrogens is 361 g/mol. The first-order valence-corrected chi connectivity index (χ1v) is 7.91. The van der Waals surface area contributed by atoms with Crippen molar-refractivity contribution in [2.75, 3.05) is 10.6 Å². The highest BCUT2D eigenvalue weighted by atomic mass is 35.5. The van der Waals surface area contributed by atoms with E-state index >= 15 is 0 Å². The number of aromatic nitrogens is 4. The molecule has 0 aliphatic heterocycles. The molecule has 3 aromatic rings. The SMILES string of the molecule is Cn1cc(Nc2ncc(C(N)=O)c(NCc3c(F)cccc3Cl)n2)cn1. The maximum absolute atomic E-state index is 13.9. The molecule has 0 spiro atoms. The largest absolute Gasteiger partial charge is 0.365 e. The number of carbonyl (C=O) groups is 1. The van der Waals surface area contributed by atoms with Crippen LogP contribution in [0, 0.1) is 5.82 Å². The van der Waals surface area contributed by atoms with Gasteiger partial charge in [0.2, 0.25) is 5.95 Å². The standard InChI is InChI=1S/C16H15ClFN7O/c1-25-8-9(5-22-25)23-16-21-7-11(14(19)26)15(24-16)20-6-10-12(17)3-2-4-13(10)18/h2-5,7-8H,6H2,1H3,(H2,19,26)(H2,20,21,23,24). The quantitative estimate of drug-likeness (QED) is 0.610. The number of nitrogens with one attached hydrogen (secondary N) is 2. The van der Waals surface area contributed by atoms with Crippen LogP contribution in [0.15, 0.2) is 36.8 Å². The first-order chi connectivity index (χ1) is 12.4. The molecule has 2 aromatic heterocycles. The third-order valence-electron chi connectivity index (χ3n) is 3.51. The number of amides is 1. The van der Waals surface area contributed by atoms with E-state index in [1.807, 2.05) is 0 Å². The zero-order chi connectivity index (χ0) is 18.7. The third kappa shape index (κ3) is 3.89. The molecule has 0 atom stereocenters. The highest BCUT2D eigenvalue weighted by molar-refractivity contribution is 6.31. The van der Waals surface area contributed by atoms with Gasteiger partial charge in [-0.15, -0.1) is 0 Å². The van der Waals surface area contributed by atoms with Crippen molar-refractivity contribution in [1.29, 1.82) is 0 Å². The third-order valence-corrected chi connectivity index (χ3v) is 3.86. The molecular formula is C16H15ClFN7O. The summed E-state index contributed by atoms with van der Waals surface area (Å²) in [5.74, 6) is -0.781. The Kier molecular flexibility index (Phi) is 4.99. The lowest BCUT2D eigenvalue weighted by Crippen LogP contribution is -2.17. The van der Waals surface area contributed by atoms with Crippen molar-refractivity contribution in [3.8, 4) is 0 Å². The van der Waals surface area contributed by atoms with Gasteiger partial charge < -0.3 is 16.4 Å². The van der Waals surface area contributed by atoms with Gasteiger partial charge in [-0.05, 0) is 12.1 Å². The normalized spacial score (nSPS) is 10.6. The summed E-state index contributed by atoms with van der Waals surface area (Å²) >= 11 is 6.01. The molecule has 4 N–H and O–H groups in total. The fraction of sp³-hybridized carbons (Fsp3) is 0.125. The van der Waals surface area contributed by atoms with Crippen molar-refractivity contribution in [1.82, 2.24) is 19.7 Å². The van der Waals surface area contributed by atoms with Crippen molar-refractivity contribution in [3.05, 3.63) is 58.8 Å². The lowest BCUT2D eigenvalue weighted by molar-refractivity contribution is 0.100. The fourth-order valence-corrected chi connectivity index (χ4v) is 2.48. The Morgan fingerprint density at radius 1 is 1.38 bits per heavy atom. The number of nitrogens with two attached hydrogens (primary N) is 1. The van der Waals surface area contributed by atoms with Crippen molar-refractivity contribution in [2.24, 2.45) is 12.8 Å². The summed E-state index contributed by atoms with van der Waals surface area (Å²) in [7, 11) is 1.77. The number of rotatable bonds is 6. The van der Waals surface area contributed by atoms with Gasteiger partial charge in [0.1, 0.15) is 11.6 Å². The van der Waals surface area contributed by atoms with Gasteiger partial charge in [-0.1, -0.05) is 17.7 Å².